The number of aromatic nitrogens is 3. The van der Waals surface area contributed by atoms with E-state index in [0.717, 1.165) is 48.7 Å². The van der Waals surface area contributed by atoms with Crippen LogP contribution in [0.25, 0.3) is 22.2 Å². The van der Waals surface area contributed by atoms with Crippen LogP contribution in [0.1, 0.15) is 70.8 Å². The first-order valence-corrected chi connectivity index (χ1v) is 19.5. The highest BCUT2D eigenvalue weighted by Gasteiger charge is 2.62. The summed E-state index contributed by atoms with van der Waals surface area (Å²) in [6.07, 6.45) is 12.0. The number of amides is 4. The molecule has 280 valence electrons. The molecule has 3 heterocycles. The third-order valence-electron chi connectivity index (χ3n) is 10.5. The van der Waals surface area contributed by atoms with Gasteiger partial charge in [-0.1, -0.05) is 19.1 Å². The summed E-state index contributed by atoms with van der Waals surface area (Å²) in [5.41, 5.74) is 1.54. The van der Waals surface area contributed by atoms with Gasteiger partial charge in [0.05, 0.1) is 35.9 Å². The summed E-state index contributed by atoms with van der Waals surface area (Å²) >= 11 is 0. The molecule has 14 nitrogen and oxygen atoms in total. The summed E-state index contributed by atoms with van der Waals surface area (Å²) in [6.45, 7) is 6.90. The largest absolute Gasteiger partial charge is 0.496 e. The molecule has 4 amide bonds. The maximum absolute atomic E-state index is 14.0. The van der Waals surface area contributed by atoms with Crippen LogP contribution in [0.2, 0.25) is 0 Å². The van der Waals surface area contributed by atoms with E-state index in [2.05, 4.69) is 27.4 Å². The molecule has 2 saturated carbocycles. The van der Waals surface area contributed by atoms with E-state index in [-0.39, 0.29) is 25.4 Å². The van der Waals surface area contributed by atoms with E-state index in [9.17, 15) is 22.8 Å². The zero-order chi connectivity index (χ0) is 37.3. The van der Waals surface area contributed by atoms with Gasteiger partial charge in [-0.05, 0) is 70.9 Å². The number of carbonyl (C=O) groups excluding carboxylic acids is 3. The smallest absolute Gasteiger partial charge is 0.317 e. The lowest BCUT2D eigenvalue weighted by atomic mass is 10.1. The number of hydrogen-bond donors (Lipinski definition) is 3. The van der Waals surface area contributed by atoms with Gasteiger partial charge in [-0.3, -0.25) is 19.0 Å². The van der Waals surface area contributed by atoms with E-state index in [0.29, 0.717) is 42.1 Å². The van der Waals surface area contributed by atoms with E-state index >= 15 is 0 Å². The standard InChI is InChI=1S/C37H49N7O7S/c1-6-17-44-23-25(22-38-44)29-20-31(27-12-13-30(50-5)24(2)32(27)39-29)51-19-14-28-33(45)41-37(34(46)42-52(48,49)36(3)15-16-36)21-26(37)11-9-7-8-10-18-43(4)35(47)40-28/h9,11-13,20,22-23,26,28H,6-8,10,14-19,21H2,1-5H3,(H,40,47)(H,41,45)(H,42,46)/t26-,28+,37-/m1/s1. The topological polar surface area (TPSA) is 174 Å². The number of carbonyl (C=O) groups is 3. The third-order valence-corrected chi connectivity index (χ3v) is 12.6. The van der Waals surface area contributed by atoms with Crippen LogP contribution in [0.4, 0.5) is 4.79 Å². The highest BCUT2D eigenvalue weighted by Crippen LogP contribution is 2.47. The molecule has 3 N–H and O–H groups in total. The summed E-state index contributed by atoms with van der Waals surface area (Å²) in [6, 6.07) is 4.03. The van der Waals surface area contributed by atoms with Gasteiger partial charge in [0.25, 0.3) is 5.91 Å². The number of methoxy groups -OCH3 is 1. The Bertz CT molecular complexity index is 1990. The molecule has 0 spiro atoms. The SMILES string of the molecule is CCCn1cc(-c2cc(OCC[C@@H]3NC(=O)N(C)CCCCC=C[C@@H]4C[C@@]4(C(=O)NS(=O)(=O)C4(C)CC4)NC3=O)c3ccc(OC)c(C)c3n2)cn1. The Kier molecular flexibility index (Phi) is 10.5. The number of hydrogen-bond acceptors (Lipinski definition) is 9. The molecule has 0 unspecified atom stereocenters. The Morgan fingerprint density at radius 1 is 1.17 bits per heavy atom. The van der Waals surface area contributed by atoms with Crippen LogP contribution < -0.4 is 24.8 Å². The maximum atomic E-state index is 14.0. The average Bonchev–Trinajstić information content (AvgIpc) is 3.98. The second kappa shape index (κ2) is 14.8. The van der Waals surface area contributed by atoms with Crippen molar-refractivity contribution in [2.24, 2.45) is 5.92 Å². The molecule has 0 bridgehead atoms. The second-order valence-corrected chi connectivity index (χ2v) is 16.6. The fourth-order valence-corrected chi connectivity index (χ4v) is 7.88. The van der Waals surface area contributed by atoms with Crippen LogP contribution in [0.3, 0.4) is 0 Å². The number of benzene rings is 1. The van der Waals surface area contributed by atoms with Crippen molar-refractivity contribution in [1.82, 2.24) is 35.0 Å². The van der Waals surface area contributed by atoms with Crippen molar-refractivity contribution >= 4 is 38.8 Å². The first kappa shape index (κ1) is 37.1. The quantitative estimate of drug-likeness (QED) is 0.244. The van der Waals surface area contributed by atoms with Crippen molar-refractivity contribution < 1.29 is 32.3 Å². The highest BCUT2D eigenvalue weighted by molar-refractivity contribution is 7.91. The molecule has 0 saturated heterocycles. The number of pyridine rings is 1. The van der Waals surface area contributed by atoms with Gasteiger partial charge in [0.15, 0.2) is 0 Å². The summed E-state index contributed by atoms with van der Waals surface area (Å²) in [7, 11) is -0.667. The van der Waals surface area contributed by atoms with Crippen molar-refractivity contribution in [2.45, 2.75) is 95.0 Å². The normalized spacial score (nSPS) is 23.2. The summed E-state index contributed by atoms with van der Waals surface area (Å²) < 4.78 is 41.1. The van der Waals surface area contributed by atoms with Crippen LogP contribution in [-0.4, -0.2) is 89.6 Å². The maximum Gasteiger partial charge on any atom is 0.317 e. The molecule has 1 aliphatic heterocycles. The van der Waals surface area contributed by atoms with Crippen LogP contribution in [-0.2, 0) is 26.2 Å². The number of allylic oxidation sites excluding steroid dienone is 1. The van der Waals surface area contributed by atoms with Crippen molar-refractivity contribution in [3.63, 3.8) is 0 Å². The molecule has 1 aromatic carbocycles. The Morgan fingerprint density at radius 3 is 2.69 bits per heavy atom. The van der Waals surface area contributed by atoms with Gasteiger partial charge in [0.1, 0.15) is 23.1 Å². The van der Waals surface area contributed by atoms with Gasteiger partial charge < -0.3 is 25.0 Å². The zero-order valence-corrected chi connectivity index (χ0v) is 31.3. The molecule has 6 rings (SSSR count). The highest BCUT2D eigenvalue weighted by atomic mass is 32.2. The molecule has 2 aliphatic carbocycles. The predicted molar refractivity (Wildman–Crippen MR) is 196 cm³/mol. The van der Waals surface area contributed by atoms with Crippen LogP contribution in [0.15, 0.2) is 42.7 Å². The van der Waals surface area contributed by atoms with E-state index < -0.39 is 44.2 Å². The van der Waals surface area contributed by atoms with Gasteiger partial charge in [0, 0.05) is 61.3 Å². The number of rotatable bonds is 11. The van der Waals surface area contributed by atoms with Gasteiger partial charge in [-0.15, -0.1) is 0 Å². The van der Waals surface area contributed by atoms with Crippen LogP contribution in [0.5, 0.6) is 11.5 Å². The van der Waals surface area contributed by atoms with Crippen molar-refractivity contribution in [3.8, 4) is 22.8 Å². The van der Waals surface area contributed by atoms with E-state index in [1.807, 2.05) is 48.2 Å². The number of aryl methyl sites for hydroxylation is 2. The minimum Gasteiger partial charge on any atom is -0.496 e. The van der Waals surface area contributed by atoms with Crippen LogP contribution >= 0.6 is 0 Å². The van der Waals surface area contributed by atoms with Crippen molar-refractivity contribution in [3.05, 3.63) is 48.3 Å². The van der Waals surface area contributed by atoms with Gasteiger partial charge >= 0.3 is 6.03 Å². The first-order valence-electron chi connectivity index (χ1n) is 18.0. The lowest BCUT2D eigenvalue weighted by Crippen LogP contribution is -2.58. The van der Waals surface area contributed by atoms with E-state index in [1.165, 1.54) is 4.90 Å². The molecular formula is C37H49N7O7S. The monoisotopic (exact) mass is 735 g/mol. The molecule has 2 aromatic heterocycles. The molecule has 15 heteroatoms. The third kappa shape index (κ3) is 7.59. The Labute approximate surface area is 304 Å². The van der Waals surface area contributed by atoms with Gasteiger partial charge in [0.2, 0.25) is 15.9 Å². The molecular weight excluding hydrogens is 687 g/mol. The van der Waals surface area contributed by atoms with Crippen molar-refractivity contribution in [2.75, 3.05) is 27.3 Å². The van der Waals surface area contributed by atoms with E-state index in [1.54, 1.807) is 27.3 Å². The van der Waals surface area contributed by atoms with Gasteiger partial charge in [-0.25, -0.2) is 18.2 Å². The Morgan fingerprint density at radius 2 is 1.96 bits per heavy atom. The summed E-state index contributed by atoms with van der Waals surface area (Å²) in [5.74, 6) is -0.551. The second-order valence-electron chi connectivity index (χ2n) is 14.4. The summed E-state index contributed by atoms with van der Waals surface area (Å²) in [5, 5.41) is 10.9. The number of sulfonamides is 1. The summed E-state index contributed by atoms with van der Waals surface area (Å²) in [4.78, 5) is 47.5. The number of urea groups is 1. The van der Waals surface area contributed by atoms with Crippen molar-refractivity contribution in [1.29, 1.82) is 0 Å². The van der Waals surface area contributed by atoms with Crippen LogP contribution in [0, 0.1) is 12.8 Å². The lowest BCUT2D eigenvalue weighted by Gasteiger charge is -2.26. The molecule has 3 atom stereocenters. The molecule has 2 fully saturated rings. The minimum atomic E-state index is -3.94. The Hall–Kier alpha value is -4.66. The average molecular weight is 736 g/mol. The number of nitrogens with zero attached hydrogens (tertiary/aromatic N) is 4. The molecule has 52 heavy (non-hydrogen) atoms. The molecule has 3 aromatic rings. The fraction of sp³-hybridized carbons (Fsp3) is 0.541. The first-order chi connectivity index (χ1) is 24.8. The lowest BCUT2D eigenvalue weighted by molar-refractivity contribution is -0.130. The zero-order valence-electron chi connectivity index (χ0n) is 30.5. The number of ether oxygens (including phenoxy) is 2. The fourth-order valence-electron chi connectivity index (χ4n) is 6.57. The number of fused-ring (bicyclic) bond motifs is 2. The Balaban J connectivity index is 1.26. The molecule has 0 radical (unpaired) electrons. The predicted octanol–water partition coefficient (Wildman–Crippen LogP) is 4.22. The minimum absolute atomic E-state index is 0.0239. The van der Waals surface area contributed by atoms with Gasteiger partial charge in [-0.2, -0.15) is 5.10 Å². The number of nitrogens with one attached hydrogen (secondary N) is 3. The molecule has 3 aliphatic rings. The van der Waals surface area contributed by atoms with E-state index in [4.69, 9.17) is 14.5 Å².